The van der Waals surface area contributed by atoms with Crippen LogP contribution in [0.15, 0.2) is 29.6 Å². The van der Waals surface area contributed by atoms with Crippen LogP contribution in [0.5, 0.6) is 0 Å². The van der Waals surface area contributed by atoms with E-state index in [2.05, 4.69) is 15.4 Å². The summed E-state index contributed by atoms with van der Waals surface area (Å²) in [4.78, 5) is 16.0. The maximum Gasteiger partial charge on any atom is 0.250 e. The molecule has 0 spiro atoms. The number of nitrogens with zero attached hydrogens (tertiary/aromatic N) is 3. The maximum atomic E-state index is 11.0. The molecule has 96 valence electrons. The van der Waals surface area contributed by atoms with E-state index in [1.54, 1.807) is 4.52 Å². The third kappa shape index (κ3) is 2.32. The molecule has 1 amide bonds. The topological polar surface area (TPSA) is 59.3 Å². The summed E-state index contributed by atoms with van der Waals surface area (Å²) >= 11 is 7.34. The van der Waals surface area contributed by atoms with Crippen molar-refractivity contribution in [2.75, 3.05) is 5.32 Å². The highest BCUT2D eigenvalue weighted by atomic mass is 35.5. The number of halogens is 1. The van der Waals surface area contributed by atoms with Crippen LogP contribution in [0.25, 0.3) is 16.2 Å². The van der Waals surface area contributed by atoms with Gasteiger partial charge in [0.05, 0.1) is 5.69 Å². The molecule has 0 aliphatic carbocycles. The predicted molar refractivity (Wildman–Crippen MR) is 75.6 cm³/mol. The highest BCUT2D eigenvalue weighted by molar-refractivity contribution is 7.15. The van der Waals surface area contributed by atoms with Crippen molar-refractivity contribution in [3.8, 4) is 11.3 Å². The Morgan fingerprint density at radius 2 is 2.11 bits per heavy atom. The number of anilines is 1. The number of thiazole rings is 1. The minimum Gasteiger partial charge on any atom is -0.293 e. The first-order valence-electron chi connectivity index (χ1n) is 5.51. The van der Waals surface area contributed by atoms with Crippen LogP contribution in [0.1, 0.15) is 6.92 Å². The number of aromatic nitrogens is 3. The lowest BCUT2D eigenvalue weighted by Gasteiger charge is -1.98. The van der Waals surface area contributed by atoms with E-state index in [9.17, 15) is 4.79 Å². The first kappa shape index (κ1) is 12.1. The molecule has 0 saturated carbocycles. The van der Waals surface area contributed by atoms with Crippen molar-refractivity contribution >= 4 is 39.8 Å². The van der Waals surface area contributed by atoms with E-state index in [-0.39, 0.29) is 5.91 Å². The molecule has 7 heteroatoms. The van der Waals surface area contributed by atoms with Gasteiger partial charge in [-0.05, 0) is 12.1 Å². The van der Waals surface area contributed by atoms with Crippen molar-refractivity contribution in [3.63, 3.8) is 0 Å². The van der Waals surface area contributed by atoms with Crippen molar-refractivity contribution in [1.82, 2.24) is 14.6 Å². The Balaban J connectivity index is 2.06. The molecule has 0 radical (unpaired) electrons. The van der Waals surface area contributed by atoms with Crippen molar-refractivity contribution in [2.45, 2.75) is 6.92 Å². The zero-order valence-electron chi connectivity index (χ0n) is 9.92. The molecule has 0 fully saturated rings. The van der Waals surface area contributed by atoms with Gasteiger partial charge in [0.25, 0.3) is 0 Å². The van der Waals surface area contributed by atoms with Gasteiger partial charge in [0.1, 0.15) is 0 Å². The van der Waals surface area contributed by atoms with Gasteiger partial charge >= 0.3 is 0 Å². The summed E-state index contributed by atoms with van der Waals surface area (Å²) < 4.78 is 1.71. The molecule has 0 aliphatic heterocycles. The number of carbonyl (C=O) groups excluding carboxylic acids is 1. The van der Waals surface area contributed by atoms with Crippen molar-refractivity contribution in [1.29, 1.82) is 0 Å². The number of hydrogen-bond donors (Lipinski definition) is 1. The van der Waals surface area contributed by atoms with Crippen LogP contribution in [-0.4, -0.2) is 20.5 Å². The SMILES string of the molecule is CC(=O)Nc1nc2scc(-c3ccc(Cl)cc3)n2n1. The molecule has 1 N–H and O–H groups in total. The normalized spacial score (nSPS) is 10.8. The van der Waals surface area contributed by atoms with Crippen LogP contribution < -0.4 is 5.32 Å². The smallest absolute Gasteiger partial charge is 0.250 e. The van der Waals surface area contributed by atoms with E-state index in [0.717, 1.165) is 16.2 Å². The van der Waals surface area contributed by atoms with E-state index in [1.807, 2.05) is 29.6 Å². The second-order valence-corrected chi connectivity index (χ2v) is 5.21. The summed E-state index contributed by atoms with van der Waals surface area (Å²) in [5.41, 5.74) is 1.91. The monoisotopic (exact) mass is 292 g/mol. The number of benzene rings is 1. The lowest BCUT2D eigenvalue weighted by Crippen LogP contribution is -2.07. The molecular weight excluding hydrogens is 284 g/mol. The number of carbonyl (C=O) groups is 1. The fourth-order valence-electron chi connectivity index (χ4n) is 1.71. The Bertz CT molecular complexity index is 747. The first-order valence-corrected chi connectivity index (χ1v) is 6.77. The summed E-state index contributed by atoms with van der Waals surface area (Å²) in [5, 5.41) is 9.49. The largest absolute Gasteiger partial charge is 0.293 e. The number of fused-ring (bicyclic) bond motifs is 1. The number of hydrogen-bond acceptors (Lipinski definition) is 4. The lowest BCUT2D eigenvalue weighted by atomic mass is 10.2. The van der Waals surface area contributed by atoms with Gasteiger partial charge in [-0.1, -0.05) is 23.7 Å². The Morgan fingerprint density at radius 3 is 2.79 bits per heavy atom. The predicted octanol–water partition coefficient (Wildman–Crippen LogP) is 3.07. The second kappa shape index (κ2) is 4.64. The van der Waals surface area contributed by atoms with Crippen LogP contribution in [-0.2, 0) is 4.79 Å². The van der Waals surface area contributed by atoms with E-state index >= 15 is 0 Å². The van der Waals surface area contributed by atoms with E-state index in [4.69, 9.17) is 11.6 Å². The number of amides is 1. The molecule has 1 aromatic carbocycles. The highest BCUT2D eigenvalue weighted by Gasteiger charge is 2.11. The molecule has 3 aromatic rings. The maximum absolute atomic E-state index is 11.0. The molecule has 3 rings (SSSR count). The fourth-order valence-corrected chi connectivity index (χ4v) is 2.67. The van der Waals surface area contributed by atoms with E-state index in [0.29, 0.717) is 11.0 Å². The minimum absolute atomic E-state index is 0.189. The molecule has 0 atom stereocenters. The summed E-state index contributed by atoms with van der Waals surface area (Å²) in [6, 6.07) is 7.49. The summed E-state index contributed by atoms with van der Waals surface area (Å²) in [6.07, 6.45) is 0. The molecule has 0 saturated heterocycles. The third-order valence-electron chi connectivity index (χ3n) is 2.51. The Hall–Kier alpha value is -1.92. The molecule has 5 nitrogen and oxygen atoms in total. The van der Waals surface area contributed by atoms with Gasteiger partial charge < -0.3 is 0 Å². The molecular formula is C12H9ClN4OS. The Kier molecular flexibility index (Phi) is 2.96. The number of rotatable bonds is 2. The Labute approximate surface area is 117 Å². The zero-order chi connectivity index (χ0) is 13.4. The average Bonchev–Trinajstić information content (AvgIpc) is 2.89. The molecule has 0 unspecified atom stereocenters. The van der Waals surface area contributed by atoms with Crippen LogP contribution in [0.2, 0.25) is 5.02 Å². The second-order valence-electron chi connectivity index (χ2n) is 3.94. The van der Waals surface area contributed by atoms with E-state index < -0.39 is 0 Å². The average molecular weight is 293 g/mol. The molecule has 19 heavy (non-hydrogen) atoms. The minimum atomic E-state index is -0.189. The van der Waals surface area contributed by atoms with Gasteiger partial charge in [0.15, 0.2) is 0 Å². The molecule has 2 heterocycles. The fraction of sp³-hybridized carbons (Fsp3) is 0.0833. The molecule has 2 aromatic heterocycles. The van der Waals surface area contributed by atoms with Gasteiger partial charge in [0, 0.05) is 22.9 Å². The van der Waals surface area contributed by atoms with E-state index in [1.165, 1.54) is 18.3 Å². The van der Waals surface area contributed by atoms with Crippen LogP contribution in [0.4, 0.5) is 5.95 Å². The highest BCUT2D eigenvalue weighted by Crippen LogP contribution is 2.26. The quantitative estimate of drug-likeness (QED) is 0.789. The molecule has 0 aliphatic rings. The van der Waals surface area contributed by atoms with Gasteiger partial charge in [0.2, 0.25) is 16.8 Å². The standard InChI is InChI=1S/C12H9ClN4OS/c1-7(18)14-11-15-12-17(16-11)10(6-19-12)8-2-4-9(13)5-3-8/h2-6H,1H3,(H,14,16,18). The zero-order valence-corrected chi connectivity index (χ0v) is 11.5. The van der Waals surface area contributed by atoms with Crippen LogP contribution in [0, 0.1) is 0 Å². The third-order valence-corrected chi connectivity index (χ3v) is 3.58. The first-order chi connectivity index (χ1) is 9.13. The summed E-state index contributed by atoms with van der Waals surface area (Å²) in [6.45, 7) is 1.43. The van der Waals surface area contributed by atoms with Crippen LogP contribution in [0.3, 0.4) is 0 Å². The van der Waals surface area contributed by atoms with Crippen molar-refractivity contribution < 1.29 is 4.79 Å². The van der Waals surface area contributed by atoms with Gasteiger partial charge in [-0.3, -0.25) is 10.1 Å². The van der Waals surface area contributed by atoms with Crippen molar-refractivity contribution in [2.24, 2.45) is 0 Å². The number of nitrogens with one attached hydrogen (secondary N) is 1. The summed E-state index contributed by atoms with van der Waals surface area (Å²) in [5.74, 6) is 0.126. The van der Waals surface area contributed by atoms with Gasteiger partial charge in [-0.15, -0.1) is 16.4 Å². The van der Waals surface area contributed by atoms with Crippen molar-refractivity contribution in [3.05, 3.63) is 34.7 Å². The Morgan fingerprint density at radius 1 is 1.37 bits per heavy atom. The van der Waals surface area contributed by atoms with Crippen LogP contribution >= 0.6 is 22.9 Å². The summed E-state index contributed by atoms with van der Waals surface area (Å²) in [7, 11) is 0. The molecule has 0 bridgehead atoms. The van der Waals surface area contributed by atoms with Gasteiger partial charge in [-0.2, -0.15) is 4.98 Å². The lowest BCUT2D eigenvalue weighted by molar-refractivity contribution is -0.114. The van der Waals surface area contributed by atoms with Gasteiger partial charge in [-0.25, -0.2) is 4.52 Å².